The molecule has 1 heterocycles. The molecule has 12 heteroatoms. The van der Waals surface area contributed by atoms with Crippen LogP contribution < -0.4 is 20.5 Å². The van der Waals surface area contributed by atoms with Crippen LogP contribution in [0.15, 0.2) is 28.0 Å². The van der Waals surface area contributed by atoms with Crippen LogP contribution in [0.1, 0.15) is 45.4 Å². The van der Waals surface area contributed by atoms with Gasteiger partial charge in [-0.2, -0.15) is 0 Å². The minimum atomic E-state index is -4.21. The van der Waals surface area contributed by atoms with E-state index in [1.54, 1.807) is 6.92 Å². The number of anilines is 1. The second-order valence-electron chi connectivity index (χ2n) is 7.95. The standard InChI is InChI=1S/C19H30N4O6S2/c1-2-21-18(24)8-11-22-15-7-6-14(13-16(15)30(20,25)26)31(27,28)23-19(9-10-19)17-5-3-4-12-29-17/h6-7,13,17,22-23H,2-5,8-12H2,1H3,(H,21,24)(H2,20,25,26). The first-order valence-electron chi connectivity index (χ1n) is 10.4. The first-order valence-corrected chi connectivity index (χ1v) is 13.4. The third kappa shape index (κ3) is 5.95. The molecule has 1 aromatic carbocycles. The third-order valence-electron chi connectivity index (χ3n) is 5.53. The van der Waals surface area contributed by atoms with Crippen LogP contribution in [-0.2, 0) is 29.6 Å². The van der Waals surface area contributed by atoms with E-state index in [-0.39, 0.29) is 40.5 Å². The minimum Gasteiger partial charge on any atom is -0.383 e. The van der Waals surface area contributed by atoms with Crippen molar-refractivity contribution in [1.29, 1.82) is 0 Å². The number of nitrogens with one attached hydrogen (secondary N) is 3. The fourth-order valence-electron chi connectivity index (χ4n) is 3.77. The van der Waals surface area contributed by atoms with Crippen molar-refractivity contribution < 1.29 is 26.4 Å². The molecule has 0 radical (unpaired) electrons. The Kier molecular flexibility index (Phi) is 7.26. The van der Waals surface area contributed by atoms with E-state index < -0.39 is 25.6 Å². The highest BCUT2D eigenvalue weighted by Gasteiger charge is 2.53. The Hall–Kier alpha value is -1.73. The number of sulfonamides is 2. The van der Waals surface area contributed by atoms with Gasteiger partial charge in [0.25, 0.3) is 0 Å². The quantitative estimate of drug-likeness (QED) is 0.388. The molecule has 1 saturated heterocycles. The lowest BCUT2D eigenvalue weighted by Crippen LogP contribution is -2.48. The zero-order valence-corrected chi connectivity index (χ0v) is 19.1. The van der Waals surface area contributed by atoms with Gasteiger partial charge in [0.2, 0.25) is 26.0 Å². The van der Waals surface area contributed by atoms with Crippen molar-refractivity contribution in [2.24, 2.45) is 5.14 Å². The Morgan fingerprint density at radius 1 is 1.23 bits per heavy atom. The Bertz CT molecular complexity index is 1020. The van der Waals surface area contributed by atoms with Crippen molar-refractivity contribution in [3.63, 3.8) is 0 Å². The Labute approximate surface area is 183 Å². The van der Waals surface area contributed by atoms with E-state index in [0.717, 1.165) is 25.3 Å². The first kappa shape index (κ1) is 23.9. The van der Waals surface area contributed by atoms with Gasteiger partial charge in [-0.25, -0.2) is 26.7 Å². The van der Waals surface area contributed by atoms with Gasteiger partial charge < -0.3 is 15.4 Å². The van der Waals surface area contributed by atoms with Crippen LogP contribution >= 0.6 is 0 Å². The molecule has 10 nitrogen and oxygen atoms in total. The molecule has 5 N–H and O–H groups in total. The number of hydrogen-bond donors (Lipinski definition) is 4. The van der Waals surface area contributed by atoms with Crippen LogP contribution in [-0.4, -0.2) is 54.1 Å². The van der Waals surface area contributed by atoms with Crippen LogP contribution in [0.3, 0.4) is 0 Å². The summed E-state index contributed by atoms with van der Waals surface area (Å²) in [6, 6.07) is 3.72. The van der Waals surface area contributed by atoms with Gasteiger partial charge in [0.05, 0.1) is 22.2 Å². The molecule has 1 saturated carbocycles. The van der Waals surface area contributed by atoms with Crippen LogP contribution in [0.2, 0.25) is 0 Å². The molecule has 1 aliphatic carbocycles. The average molecular weight is 475 g/mol. The summed E-state index contributed by atoms with van der Waals surface area (Å²) in [5.41, 5.74) is -0.493. The third-order valence-corrected chi connectivity index (χ3v) is 8.03. The molecule has 2 fully saturated rings. The minimum absolute atomic E-state index is 0.128. The largest absolute Gasteiger partial charge is 0.383 e. The van der Waals surface area contributed by atoms with Gasteiger partial charge in [-0.1, -0.05) is 0 Å². The Balaban J connectivity index is 1.78. The molecule has 174 valence electrons. The SMILES string of the molecule is CCNC(=O)CCNc1ccc(S(=O)(=O)NC2(C3CCCCO3)CC2)cc1S(N)(=O)=O. The highest BCUT2D eigenvalue weighted by molar-refractivity contribution is 7.90. The first-order chi connectivity index (χ1) is 14.6. The molecular weight excluding hydrogens is 444 g/mol. The maximum absolute atomic E-state index is 13.0. The van der Waals surface area contributed by atoms with Crippen molar-refractivity contribution in [2.45, 2.75) is 66.9 Å². The van der Waals surface area contributed by atoms with Gasteiger partial charge in [0.15, 0.2) is 0 Å². The molecule has 0 bridgehead atoms. The van der Waals surface area contributed by atoms with Crippen molar-refractivity contribution >= 4 is 31.6 Å². The summed E-state index contributed by atoms with van der Waals surface area (Å²) in [7, 11) is -8.19. The second-order valence-corrected chi connectivity index (χ2v) is 11.2. The highest BCUT2D eigenvalue weighted by atomic mass is 32.2. The number of primary sulfonamides is 1. The number of amides is 1. The lowest BCUT2D eigenvalue weighted by Gasteiger charge is -2.31. The van der Waals surface area contributed by atoms with Crippen LogP contribution in [0, 0.1) is 0 Å². The normalized spacial score (nSPS) is 20.8. The number of nitrogens with two attached hydrogens (primary N) is 1. The number of hydrogen-bond acceptors (Lipinski definition) is 7. The monoisotopic (exact) mass is 474 g/mol. The molecular formula is C19H30N4O6S2. The van der Waals surface area contributed by atoms with Gasteiger partial charge in [0, 0.05) is 26.1 Å². The molecule has 1 aromatic rings. The predicted molar refractivity (Wildman–Crippen MR) is 115 cm³/mol. The zero-order valence-electron chi connectivity index (χ0n) is 17.5. The average Bonchev–Trinajstić information content (AvgIpc) is 3.48. The summed E-state index contributed by atoms with van der Waals surface area (Å²) in [4.78, 5) is 11.0. The van der Waals surface area contributed by atoms with E-state index in [0.29, 0.717) is 26.0 Å². The van der Waals surface area contributed by atoms with E-state index in [1.807, 2.05) is 0 Å². The molecule has 1 aliphatic heterocycles. The number of carbonyl (C=O) groups is 1. The highest BCUT2D eigenvalue weighted by Crippen LogP contribution is 2.44. The molecule has 0 spiro atoms. The zero-order chi connectivity index (χ0) is 22.7. The smallest absolute Gasteiger partial charge is 0.241 e. The van der Waals surface area contributed by atoms with Crippen molar-refractivity contribution in [3.05, 3.63) is 18.2 Å². The summed E-state index contributed by atoms with van der Waals surface area (Å²) in [6.45, 7) is 3.07. The van der Waals surface area contributed by atoms with Gasteiger partial charge >= 0.3 is 0 Å². The van der Waals surface area contributed by atoms with Crippen LogP contribution in [0.4, 0.5) is 5.69 Å². The van der Waals surface area contributed by atoms with Crippen molar-refractivity contribution in [3.8, 4) is 0 Å². The molecule has 1 amide bonds. The van der Waals surface area contributed by atoms with E-state index in [4.69, 9.17) is 9.88 Å². The lowest BCUT2D eigenvalue weighted by atomic mass is 10.0. The summed E-state index contributed by atoms with van der Waals surface area (Å²) < 4.78 is 58.8. The Morgan fingerprint density at radius 2 is 1.97 bits per heavy atom. The van der Waals surface area contributed by atoms with Gasteiger partial charge in [0.1, 0.15) is 4.90 Å². The number of ether oxygens (including phenoxy) is 1. The Morgan fingerprint density at radius 3 is 2.55 bits per heavy atom. The van der Waals surface area contributed by atoms with Crippen molar-refractivity contribution in [2.75, 3.05) is 25.0 Å². The van der Waals surface area contributed by atoms with E-state index in [2.05, 4.69) is 15.4 Å². The number of rotatable bonds is 10. The van der Waals surface area contributed by atoms with Gasteiger partial charge in [-0.05, 0) is 57.2 Å². The second kappa shape index (κ2) is 9.41. The number of carbonyl (C=O) groups excluding carboxylic acids is 1. The molecule has 1 atom stereocenters. The predicted octanol–water partition coefficient (Wildman–Crippen LogP) is 0.652. The van der Waals surface area contributed by atoms with E-state index in [9.17, 15) is 21.6 Å². The molecule has 1 unspecified atom stereocenters. The van der Waals surface area contributed by atoms with Crippen LogP contribution in [0.25, 0.3) is 0 Å². The molecule has 3 rings (SSSR count). The summed E-state index contributed by atoms with van der Waals surface area (Å²) in [5.74, 6) is -0.185. The van der Waals surface area contributed by atoms with E-state index in [1.165, 1.54) is 12.1 Å². The van der Waals surface area contributed by atoms with Crippen LogP contribution in [0.5, 0.6) is 0 Å². The van der Waals surface area contributed by atoms with Gasteiger partial charge in [-0.3, -0.25) is 4.79 Å². The molecule has 2 aliphatic rings. The topological polar surface area (TPSA) is 157 Å². The van der Waals surface area contributed by atoms with Gasteiger partial charge in [-0.15, -0.1) is 0 Å². The number of benzene rings is 1. The molecule has 31 heavy (non-hydrogen) atoms. The summed E-state index contributed by atoms with van der Waals surface area (Å²) >= 11 is 0. The fraction of sp³-hybridized carbons (Fsp3) is 0.632. The molecule has 0 aromatic heterocycles. The van der Waals surface area contributed by atoms with Crippen molar-refractivity contribution in [1.82, 2.24) is 10.0 Å². The summed E-state index contributed by atoms with van der Waals surface area (Å²) in [5, 5.41) is 10.8. The maximum Gasteiger partial charge on any atom is 0.241 e. The maximum atomic E-state index is 13.0. The summed E-state index contributed by atoms with van der Waals surface area (Å²) in [6.07, 6.45) is 4.05. The fourth-order valence-corrected chi connectivity index (χ4v) is 6.10. The van der Waals surface area contributed by atoms with E-state index >= 15 is 0 Å². The lowest BCUT2D eigenvalue weighted by molar-refractivity contribution is -0.120.